The fraction of sp³-hybridized carbons (Fsp3) is 0.545. The van der Waals surface area contributed by atoms with Gasteiger partial charge in [0.25, 0.3) is 0 Å². The molecule has 1 N–H and O–H groups in total. The molecular formula is C22H29N3O4S2. The molecule has 1 amide bonds. The molecule has 168 valence electrons. The van der Waals surface area contributed by atoms with Gasteiger partial charge < -0.3 is 9.84 Å². The molecule has 1 aromatic carbocycles. The monoisotopic (exact) mass is 463 g/mol. The first kappa shape index (κ1) is 22.4. The van der Waals surface area contributed by atoms with Crippen molar-refractivity contribution in [2.75, 3.05) is 18.4 Å². The minimum absolute atomic E-state index is 0.117. The predicted octanol–water partition coefficient (Wildman–Crippen LogP) is 4.37. The topological polar surface area (TPSA) is 92.5 Å². The number of nitrogens with zero attached hydrogens (tertiary/aromatic N) is 2. The molecule has 4 rings (SSSR count). The van der Waals surface area contributed by atoms with Crippen molar-refractivity contribution in [1.29, 1.82) is 0 Å². The van der Waals surface area contributed by atoms with E-state index in [4.69, 9.17) is 4.52 Å². The van der Waals surface area contributed by atoms with Crippen molar-refractivity contribution in [1.82, 2.24) is 9.46 Å². The van der Waals surface area contributed by atoms with Crippen molar-refractivity contribution in [2.24, 2.45) is 5.92 Å². The second kappa shape index (κ2) is 9.34. The number of carbonyl (C=O) groups excluding carboxylic acids is 1. The third-order valence-corrected chi connectivity index (χ3v) is 9.59. The zero-order valence-electron chi connectivity index (χ0n) is 18.0. The molecule has 2 fully saturated rings. The summed E-state index contributed by atoms with van der Waals surface area (Å²) >= 11 is 1.83. The van der Waals surface area contributed by atoms with Gasteiger partial charge in [0.1, 0.15) is 10.6 Å². The zero-order chi connectivity index (χ0) is 22.0. The average Bonchev–Trinajstić information content (AvgIpc) is 3.39. The second-order valence-electron chi connectivity index (χ2n) is 8.37. The lowest BCUT2D eigenvalue weighted by molar-refractivity contribution is -0.120. The van der Waals surface area contributed by atoms with E-state index in [1.165, 1.54) is 30.0 Å². The first-order chi connectivity index (χ1) is 14.9. The number of aryl methyl sites for hydroxylation is 2. The summed E-state index contributed by atoms with van der Waals surface area (Å²) in [6.45, 7) is 3.77. The van der Waals surface area contributed by atoms with Crippen molar-refractivity contribution < 1.29 is 17.7 Å². The molecule has 0 spiro atoms. The number of benzene rings is 1. The van der Waals surface area contributed by atoms with Crippen molar-refractivity contribution in [3.8, 4) is 0 Å². The molecule has 1 aliphatic heterocycles. The molecule has 1 atom stereocenters. The van der Waals surface area contributed by atoms with E-state index in [1.807, 2.05) is 36.0 Å². The molecule has 1 saturated heterocycles. The van der Waals surface area contributed by atoms with Gasteiger partial charge in [-0.25, -0.2) is 8.42 Å². The van der Waals surface area contributed by atoms with Gasteiger partial charge in [-0.15, -0.1) is 11.8 Å². The van der Waals surface area contributed by atoms with Gasteiger partial charge in [0, 0.05) is 23.2 Å². The van der Waals surface area contributed by atoms with Gasteiger partial charge in [0.15, 0.2) is 5.76 Å². The van der Waals surface area contributed by atoms with Crippen molar-refractivity contribution in [2.45, 2.75) is 67.4 Å². The molecule has 1 aliphatic carbocycles. The lowest BCUT2D eigenvalue weighted by atomic mass is 9.99. The van der Waals surface area contributed by atoms with Gasteiger partial charge in [-0.05, 0) is 51.7 Å². The minimum atomic E-state index is -3.75. The number of amides is 1. The van der Waals surface area contributed by atoms with Gasteiger partial charge >= 0.3 is 0 Å². The largest absolute Gasteiger partial charge is 0.360 e. The third kappa shape index (κ3) is 4.83. The standard InChI is InChI=1S/C22H29N3O4S2/c1-15-21(16(2)29-24-15)31(27,28)25-13-7-8-17(14-25)22(26)23-19-11-5-6-12-20(19)30-18-9-3-4-10-18/h5-6,11-12,17-18H,3-4,7-10,13-14H2,1-2H3,(H,23,26). The SMILES string of the molecule is Cc1noc(C)c1S(=O)(=O)N1CCCC(C(=O)Nc2ccccc2SC2CCCC2)C1. The van der Waals surface area contributed by atoms with Crippen LogP contribution < -0.4 is 5.32 Å². The maximum atomic E-state index is 13.2. The average molecular weight is 464 g/mol. The third-order valence-electron chi connectivity index (χ3n) is 6.06. The quantitative estimate of drug-likeness (QED) is 0.684. The number of rotatable bonds is 6. The molecule has 7 nitrogen and oxygen atoms in total. The zero-order valence-corrected chi connectivity index (χ0v) is 19.6. The Morgan fingerprint density at radius 3 is 2.61 bits per heavy atom. The molecular weight excluding hydrogens is 434 g/mol. The highest BCUT2D eigenvalue weighted by molar-refractivity contribution is 8.00. The lowest BCUT2D eigenvalue weighted by Crippen LogP contribution is -2.44. The summed E-state index contributed by atoms with van der Waals surface area (Å²) in [6.07, 6.45) is 6.26. The number of aromatic nitrogens is 1. The molecule has 2 heterocycles. The van der Waals surface area contributed by atoms with Crippen LogP contribution in [-0.2, 0) is 14.8 Å². The molecule has 1 unspecified atom stereocenters. The highest BCUT2D eigenvalue weighted by atomic mass is 32.2. The predicted molar refractivity (Wildman–Crippen MR) is 121 cm³/mol. The molecule has 1 saturated carbocycles. The Kier molecular flexibility index (Phi) is 6.74. The van der Waals surface area contributed by atoms with Crippen LogP contribution in [-0.4, -0.2) is 42.1 Å². The second-order valence-corrected chi connectivity index (χ2v) is 11.6. The molecule has 2 aliphatic rings. The van der Waals surface area contributed by atoms with Crippen LogP contribution in [0.5, 0.6) is 0 Å². The summed E-state index contributed by atoms with van der Waals surface area (Å²) in [7, 11) is -3.75. The number of hydrogen-bond acceptors (Lipinski definition) is 6. The number of nitrogens with one attached hydrogen (secondary N) is 1. The minimum Gasteiger partial charge on any atom is -0.360 e. The van der Waals surface area contributed by atoms with Crippen LogP contribution in [0.3, 0.4) is 0 Å². The number of thioether (sulfide) groups is 1. The molecule has 1 aromatic heterocycles. The van der Waals surface area contributed by atoms with Crippen LogP contribution in [0.25, 0.3) is 0 Å². The van der Waals surface area contributed by atoms with Crippen LogP contribution in [0, 0.1) is 19.8 Å². The fourth-order valence-electron chi connectivity index (χ4n) is 4.44. The molecule has 0 bridgehead atoms. The van der Waals surface area contributed by atoms with E-state index in [0.29, 0.717) is 30.3 Å². The number of sulfonamides is 1. The van der Waals surface area contributed by atoms with E-state index >= 15 is 0 Å². The highest BCUT2D eigenvalue weighted by Gasteiger charge is 2.36. The van der Waals surface area contributed by atoms with E-state index < -0.39 is 15.9 Å². The number of para-hydroxylation sites is 1. The van der Waals surface area contributed by atoms with E-state index in [2.05, 4.69) is 10.5 Å². The van der Waals surface area contributed by atoms with Gasteiger partial charge in [-0.2, -0.15) is 4.31 Å². The van der Waals surface area contributed by atoms with E-state index in [9.17, 15) is 13.2 Å². The first-order valence-corrected chi connectivity index (χ1v) is 13.2. The van der Waals surface area contributed by atoms with Crippen LogP contribution in [0.15, 0.2) is 38.6 Å². The Hall–Kier alpha value is -1.84. The Labute approximate surface area is 188 Å². The molecule has 2 aromatic rings. The smallest absolute Gasteiger partial charge is 0.248 e. The maximum Gasteiger partial charge on any atom is 0.248 e. The maximum absolute atomic E-state index is 13.2. The first-order valence-electron chi connectivity index (χ1n) is 10.9. The highest BCUT2D eigenvalue weighted by Crippen LogP contribution is 2.38. The number of hydrogen-bond donors (Lipinski definition) is 1. The Balaban J connectivity index is 1.46. The Morgan fingerprint density at radius 1 is 1.16 bits per heavy atom. The van der Waals surface area contributed by atoms with Crippen LogP contribution in [0.4, 0.5) is 5.69 Å². The normalized spacial score (nSPS) is 20.8. The fourth-order valence-corrected chi connectivity index (χ4v) is 7.59. The van der Waals surface area contributed by atoms with Gasteiger partial charge in [0.2, 0.25) is 15.9 Å². The van der Waals surface area contributed by atoms with E-state index in [-0.39, 0.29) is 23.1 Å². The summed E-state index contributed by atoms with van der Waals surface area (Å²) in [5.41, 5.74) is 1.16. The van der Waals surface area contributed by atoms with Gasteiger partial charge in [-0.3, -0.25) is 4.79 Å². The summed E-state index contributed by atoms with van der Waals surface area (Å²) < 4.78 is 32.8. The van der Waals surface area contributed by atoms with Crippen molar-refractivity contribution in [3.05, 3.63) is 35.7 Å². The van der Waals surface area contributed by atoms with Crippen LogP contribution in [0.2, 0.25) is 0 Å². The molecule has 9 heteroatoms. The van der Waals surface area contributed by atoms with E-state index in [1.54, 1.807) is 13.8 Å². The number of carbonyl (C=O) groups is 1. The lowest BCUT2D eigenvalue weighted by Gasteiger charge is -2.31. The van der Waals surface area contributed by atoms with Gasteiger partial charge in [-0.1, -0.05) is 30.1 Å². The van der Waals surface area contributed by atoms with E-state index in [0.717, 1.165) is 10.6 Å². The summed E-state index contributed by atoms with van der Waals surface area (Å²) in [5, 5.41) is 7.45. The number of anilines is 1. The Morgan fingerprint density at radius 2 is 1.90 bits per heavy atom. The van der Waals surface area contributed by atoms with Crippen LogP contribution >= 0.6 is 11.8 Å². The van der Waals surface area contributed by atoms with Crippen LogP contribution in [0.1, 0.15) is 50.0 Å². The summed E-state index contributed by atoms with van der Waals surface area (Å²) in [5.74, 6) is -0.242. The summed E-state index contributed by atoms with van der Waals surface area (Å²) in [6, 6.07) is 7.89. The van der Waals surface area contributed by atoms with Gasteiger partial charge in [0.05, 0.1) is 11.6 Å². The Bertz CT molecular complexity index is 1030. The summed E-state index contributed by atoms with van der Waals surface area (Å²) in [4.78, 5) is 14.3. The molecule has 31 heavy (non-hydrogen) atoms. The van der Waals surface area contributed by atoms with Crippen molar-refractivity contribution >= 4 is 33.4 Å². The van der Waals surface area contributed by atoms with Crippen molar-refractivity contribution in [3.63, 3.8) is 0 Å². The molecule has 0 radical (unpaired) electrons. The number of piperidine rings is 1.